The first-order chi connectivity index (χ1) is 5.37. The van der Waals surface area contributed by atoms with Gasteiger partial charge in [-0.2, -0.15) is 0 Å². The molecule has 0 aliphatic heterocycles. The summed E-state index contributed by atoms with van der Waals surface area (Å²) in [6.07, 6.45) is -0.759. The van der Waals surface area contributed by atoms with Crippen molar-refractivity contribution in [3.8, 4) is 0 Å². The molecule has 1 unspecified atom stereocenters. The van der Waals surface area contributed by atoms with Gasteiger partial charge in [0, 0.05) is 0 Å². The van der Waals surface area contributed by atoms with Crippen molar-refractivity contribution in [2.45, 2.75) is 6.04 Å². The Bertz CT molecular complexity index is 200. The lowest BCUT2D eigenvalue weighted by Gasteiger charge is -2.11. The van der Waals surface area contributed by atoms with Crippen LogP contribution in [0.3, 0.4) is 0 Å². The van der Waals surface area contributed by atoms with Crippen LogP contribution in [0.25, 0.3) is 0 Å². The van der Waals surface area contributed by atoms with Crippen molar-refractivity contribution in [1.82, 2.24) is 5.32 Å². The quantitative estimate of drug-likeness (QED) is 0.329. The first-order valence-electron chi connectivity index (χ1n) is 2.98. The Balaban J connectivity index is 3.90. The summed E-state index contributed by atoms with van der Waals surface area (Å²) in [5, 5.41) is 18.7. The Hall–Kier alpha value is -0.460. The van der Waals surface area contributed by atoms with Crippen molar-refractivity contribution in [3.63, 3.8) is 0 Å². The van der Waals surface area contributed by atoms with E-state index in [1.54, 1.807) is 0 Å². The summed E-state index contributed by atoms with van der Waals surface area (Å²) < 4.78 is 10.2. The zero-order valence-corrected chi connectivity index (χ0v) is 6.94. The maximum atomic E-state index is 10.2. The minimum Gasteiger partial charge on any atom is -0.480 e. The summed E-state index contributed by atoms with van der Waals surface area (Å²) in [6, 6.07) is -1.34. The zero-order chi connectivity index (χ0) is 9.78. The van der Waals surface area contributed by atoms with E-state index in [0.717, 1.165) is 0 Å². The summed E-state index contributed by atoms with van der Waals surface area (Å²) in [4.78, 5) is 26.8. The molecule has 5 N–H and O–H groups in total. The molecule has 0 radical (unpaired) electrons. The molecule has 0 aromatic rings. The van der Waals surface area contributed by atoms with Gasteiger partial charge in [0.15, 0.2) is 0 Å². The Morgan fingerprint density at radius 2 is 2.00 bits per heavy atom. The molecule has 1 atom stereocenters. The molecular formula is C4H10NO6P. The van der Waals surface area contributed by atoms with E-state index in [-0.39, 0.29) is 0 Å². The summed E-state index contributed by atoms with van der Waals surface area (Å²) in [5.74, 6) is -1.36. The number of carbonyl (C=O) groups is 1. The lowest BCUT2D eigenvalue weighted by molar-refractivity contribution is -0.140. The minimum atomic E-state index is -4.26. The Labute approximate surface area is 68.2 Å². The Morgan fingerprint density at radius 1 is 1.50 bits per heavy atom. The van der Waals surface area contributed by atoms with Crippen molar-refractivity contribution < 1.29 is 29.4 Å². The van der Waals surface area contributed by atoms with Crippen LogP contribution in [-0.2, 0) is 9.36 Å². The fraction of sp³-hybridized carbons (Fsp3) is 0.750. The standard InChI is InChI=1S/C4H10NO6P/c6-1-3(4(7)8)5-2-12(9,10)11/h3,5-6H,1-2H2,(H,7,8)(H2,9,10,11). The number of carboxylic acids is 1. The highest BCUT2D eigenvalue weighted by Gasteiger charge is 2.20. The van der Waals surface area contributed by atoms with E-state index in [1.807, 2.05) is 5.32 Å². The van der Waals surface area contributed by atoms with Crippen molar-refractivity contribution in [1.29, 1.82) is 0 Å². The number of hydrogen-bond donors (Lipinski definition) is 5. The molecule has 12 heavy (non-hydrogen) atoms. The highest BCUT2D eigenvalue weighted by atomic mass is 31.2. The normalized spacial score (nSPS) is 14.2. The van der Waals surface area contributed by atoms with Crippen LogP contribution < -0.4 is 5.32 Å². The van der Waals surface area contributed by atoms with E-state index in [9.17, 15) is 9.36 Å². The van der Waals surface area contributed by atoms with Crippen LogP contribution in [-0.4, -0.2) is 44.9 Å². The molecular weight excluding hydrogens is 189 g/mol. The number of aliphatic hydroxyl groups is 1. The third kappa shape index (κ3) is 5.22. The first-order valence-corrected chi connectivity index (χ1v) is 4.78. The predicted molar refractivity (Wildman–Crippen MR) is 38.6 cm³/mol. The fourth-order valence-electron chi connectivity index (χ4n) is 0.459. The van der Waals surface area contributed by atoms with Gasteiger partial charge < -0.3 is 20.0 Å². The molecule has 7 nitrogen and oxygen atoms in total. The molecule has 0 rings (SSSR count). The number of rotatable bonds is 5. The zero-order valence-electron chi connectivity index (χ0n) is 6.04. The summed E-state index contributed by atoms with van der Waals surface area (Å²) in [7, 11) is -4.26. The van der Waals surface area contributed by atoms with Gasteiger partial charge in [-0.3, -0.25) is 14.7 Å². The molecule has 0 aliphatic carbocycles. The van der Waals surface area contributed by atoms with Crippen LogP contribution >= 0.6 is 7.60 Å². The van der Waals surface area contributed by atoms with Gasteiger partial charge >= 0.3 is 13.6 Å². The largest absolute Gasteiger partial charge is 0.480 e. The van der Waals surface area contributed by atoms with Crippen LogP contribution in [0.1, 0.15) is 0 Å². The molecule has 0 bridgehead atoms. The average molecular weight is 199 g/mol. The number of aliphatic carboxylic acids is 1. The molecule has 8 heteroatoms. The van der Waals surface area contributed by atoms with Gasteiger partial charge in [-0.25, -0.2) is 0 Å². The second-order valence-corrected chi connectivity index (χ2v) is 3.75. The summed E-state index contributed by atoms with van der Waals surface area (Å²) >= 11 is 0. The summed E-state index contributed by atoms with van der Waals surface area (Å²) in [5.41, 5.74) is 0. The van der Waals surface area contributed by atoms with Crippen LogP contribution in [0.4, 0.5) is 0 Å². The van der Waals surface area contributed by atoms with Gasteiger partial charge in [0.2, 0.25) is 0 Å². The predicted octanol–water partition coefficient (Wildman–Crippen LogP) is -1.84. The maximum Gasteiger partial charge on any atom is 0.339 e. The third-order valence-corrected chi connectivity index (χ3v) is 1.62. The monoisotopic (exact) mass is 199 g/mol. The molecule has 0 aromatic heterocycles. The van der Waals surface area contributed by atoms with E-state index in [2.05, 4.69) is 0 Å². The third-order valence-electron chi connectivity index (χ3n) is 1.02. The highest BCUT2D eigenvalue weighted by Crippen LogP contribution is 2.32. The number of carboxylic acid groups (broad SMARTS) is 1. The fourth-order valence-corrected chi connectivity index (χ4v) is 0.917. The van der Waals surface area contributed by atoms with Crippen molar-refractivity contribution in [2.24, 2.45) is 0 Å². The SMILES string of the molecule is O=C(O)C(CO)NCP(=O)(O)O. The number of hydrogen-bond acceptors (Lipinski definition) is 4. The van der Waals surface area contributed by atoms with E-state index in [4.69, 9.17) is 20.0 Å². The van der Waals surface area contributed by atoms with Crippen LogP contribution in [0.5, 0.6) is 0 Å². The number of nitrogens with one attached hydrogen (secondary N) is 1. The molecule has 0 saturated heterocycles. The van der Waals surface area contributed by atoms with Crippen molar-refractivity contribution in [3.05, 3.63) is 0 Å². The minimum absolute atomic E-state index is 0.713. The molecule has 0 aliphatic rings. The molecule has 72 valence electrons. The van der Waals surface area contributed by atoms with E-state index < -0.39 is 32.5 Å². The maximum absolute atomic E-state index is 10.2. The van der Waals surface area contributed by atoms with Crippen molar-refractivity contribution in [2.75, 3.05) is 12.9 Å². The molecule has 0 fully saturated rings. The molecule has 0 heterocycles. The lowest BCUT2D eigenvalue weighted by Crippen LogP contribution is -2.40. The van der Waals surface area contributed by atoms with Crippen molar-refractivity contribution >= 4 is 13.6 Å². The van der Waals surface area contributed by atoms with Gasteiger partial charge in [0.1, 0.15) is 6.04 Å². The smallest absolute Gasteiger partial charge is 0.339 e. The molecule has 0 aromatic carbocycles. The lowest BCUT2D eigenvalue weighted by atomic mass is 10.3. The van der Waals surface area contributed by atoms with Crippen LogP contribution in [0.2, 0.25) is 0 Å². The molecule has 0 amide bonds. The second kappa shape index (κ2) is 4.54. The molecule has 0 saturated carbocycles. The summed E-state index contributed by atoms with van der Waals surface area (Å²) in [6.45, 7) is -0.713. The first kappa shape index (κ1) is 11.5. The van der Waals surface area contributed by atoms with E-state index in [0.29, 0.717) is 0 Å². The van der Waals surface area contributed by atoms with Gasteiger partial charge in [-0.15, -0.1) is 0 Å². The van der Waals surface area contributed by atoms with E-state index >= 15 is 0 Å². The van der Waals surface area contributed by atoms with Gasteiger partial charge in [-0.1, -0.05) is 0 Å². The van der Waals surface area contributed by atoms with Gasteiger partial charge in [0.05, 0.1) is 12.9 Å². The Morgan fingerprint density at radius 3 is 2.25 bits per heavy atom. The Kier molecular flexibility index (Phi) is 4.36. The van der Waals surface area contributed by atoms with Gasteiger partial charge in [-0.05, 0) is 0 Å². The number of aliphatic hydroxyl groups excluding tert-OH is 1. The topological polar surface area (TPSA) is 127 Å². The van der Waals surface area contributed by atoms with Crippen LogP contribution in [0.15, 0.2) is 0 Å². The van der Waals surface area contributed by atoms with Crippen LogP contribution in [0, 0.1) is 0 Å². The second-order valence-electron chi connectivity index (χ2n) is 2.10. The van der Waals surface area contributed by atoms with Gasteiger partial charge in [0.25, 0.3) is 0 Å². The average Bonchev–Trinajstić information content (AvgIpc) is 1.85. The van der Waals surface area contributed by atoms with E-state index in [1.165, 1.54) is 0 Å². The highest BCUT2D eigenvalue weighted by molar-refractivity contribution is 7.51. The molecule has 0 spiro atoms.